The van der Waals surface area contributed by atoms with Gasteiger partial charge in [0.25, 0.3) is 0 Å². The van der Waals surface area contributed by atoms with Gasteiger partial charge in [0, 0.05) is 18.6 Å². The molecule has 0 radical (unpaired) electrons. The number of hydrogen-bond acceptors (Lipinski definition) is 2. The fourth-order valence-electron chi connectivity index (χ4n) is 3.31. The Labute approximate surface area is 114 Å². The number of nitrogens with two attached hydrogens (primary N) is 1. The third-order valence-corrected chi connectivity index (χ3v) is 5.03. The van der Waals surface area contributed by atoms with Gasteiger partial charge in [-0.25, -0.2) is 0 Å². The van der Waals surface area contributed by atoms with Crippen LogP contribution in [0.25, 0.3) is 0 Å². The highest BCUT2D eigenvalue weighted by molar-refractivity contribution is 4.85. The Bertz CT molecular complexity index is 227. The lowest BCUT2D eigenvalue weighted by molar-refractivity contribution is 0.128. The van der Waals surface area contributed by atoms with Crippen LogP contribution >= 0.6 is 0 Å². The number of rotatable bonds is 6. The van der Waals surface area contributed by atoms with Gasteiger partial charge in [0.2, 0.25) is 0 Å². The molecular weight excluding hydrogens is 220 g/mol. The molecule has 0 aromatic rings. The van der Waals surface area contributed by atoms with E-state index in [0.29, 0.717) is 18.0 Å². The Morgan fingerprint density at radius 2 is 1.89 bits per heavy atom. The fraction of sp³-hybridized carbons (Fsp3) is 1.00. The molecule has 4 atom stereocenters. The van der Waals surface area contributed by atoms with Crippen LogP contribution in [0.5, 0.6) is 0 Å². The molecule has 2 heteroatoms. The van der Waals surface area contributed by atoms with E-state index in [1.807, 2.05) is 0 Å². The van der Waals surface area contributed by atoms with Gasteiger partial charge in [-0.2, -0.15) is 0 Å². The molecule has 0 amide bonds. The second-order valence-electron chi connectivity index (χ2n) is 6.82. The highest BCUT2D eigenvalue weighted by atomic mass is 15.1. The third kappa shape index (κ3) is 4.55. The van der Waals surface area contributed by atoms with Crippen LogP contribution in [0.2, 0.25) is 0 Å². The average molecular weight is 254 g/mol. The quantitative estimate of drug-likeness (QED) is 0.786. The maximum absolute atomic E-state index is 6.34. The van der Waals surface area contributed by atoms with Crippen molar-refractivity contribution in [3.8, 4) is 0 Å². The van der Waals surface area contributed by atoms with E-state index in [0.717, 1.165) is 11.8 Å². The van der Waals surface area contributed by atoms with E-state index in [2.05, 4.69) is 39.6 Å². The first-order valence-electron chi connectivity index (χ1n) is 7.91. The molecule has 108 valence electrons. The largest absolute Gasteiger partial charge is 0.327 e. The van der Waals surface area contributed by atoms with E-state index in [-0.39, 0.29) is 0 Å². The van der Waals surface area contributed by atoms with Gasteiger partial charge in [0.1, 0.15) is 0 Å². The van der Waals surface area contributed by atoms with Crippen LogP contribution in [0, 0.1) is 17.8 Å². The summed E-state index contributed by atoms with van der Waals surface area (Å²) in [4.78, 5) is 2.52. The molecule has 4 unspecified atom stereocenters. The molecule has 0 saturated heterocycles. The molecule has 0 aliphatic heterocycles. The van der Waals surface area contributed by atoms with Crippen molar-refractivity contribution >= 4 is 0 Å². The zero-order chi connectivity index (χ0) is 13.7. The molecule has 1 aliphatic rings. The Balaban J connectivity index is 2.47. The fourth-order valence-corrected chi connectivity index (χ4v) is 3.31. The van der Waals surface area contributed by atoms with Crippen molar-refractivity contribution in [1.82, 2.24) is 4.90 Å². The SMILES string of the molecule is CCCC1CCC(N)C(CN(C)C(C)C(C)C)C1. The second kappa shape index (κ2) is 7.49. The molecule has 0 aromatic carbocycles. The molecule has 0 heterocycles. The predicted octanol–water partition coefficient (Wildman–Crippen LogP) is 3.51. The van der Waals surface area contributed by atoms with Gasteiger partial charge in [-0.15, -0.1) is 0 Å². The minimum Gasteiger partial charge on any atom is -0.327 e. The van der Waals surface area contributed by atoms with Crippen LogP contribution in [0.15, 0.2) is 0 Å². The summed E-state index contributed by atoms with van der Waals surface area (Å²) in [6, 6.07) is 1.09. The summed E-state index contributed by atoms with van der Waals surface area (Å²) in [5.41, 5.74) is 6.34. The van der Waals surface area contributed by atoms with E-state index in [1.165, 1.54) is 38.6 Å². The molecule has 1 aliphatic carbocycles. The van der Waals surface area contributed by atoms with Crippen molar-refractivity contribution in [2.75, 3.05) is 13.6 Å². The van der Waals surface area contributed by atoms with Crippen molar-refractivity contribution in [3.05, 3.63) is 0 Å². The first-order valence-corrected chi connectivity index (χ1v) is 7.91. The van der Waals surface area contributed by atoms with E-state index in [4.69, 9.17) is 5.73 Å². The zero-order valence-corrected chi connectivity index (χ0v) is 13.2. The van der Waals surface area contributed by atoms with Gasteiger partial charge in [-0.3, -0.25) is 0 Å². The zero-order valence-electron chi connectivity index (χ0n) is 13.2. The summed E-state index contributed by atoms with van der Waals surface area (Å²) in [6.07, 6.45) is 6.66. The molecule has 0 aromatic heterocycles. The first kappa shape index (κ1) is 16.0. The topological polar surface area (TPSA) is 29.3 Å². The van der Waals surface area contributed by atoms with Gasteiger partial charge in [0.15, 0.2) is 0 Å². The average Bonchev–Trinajstić information content (AvgIpc) is 2.32. The van der Waals surface area contributed by atoms with Gasteiger partial charge < -0.3 is 10.6 Å². The lowest BCUT2D eigenvalue weighted by Crippen LogP contribution is -2.45. The van der Waals surface area contributed by atoms with Crippen LogP contribution in [-0.4, -0.2) is 30.6 Å². The van der Waals surface area contributed by atoms with E-state index in [9.17, 15) is 0 Å². The molecule has 1 rings (SSSR count). The second-order valence-corrected chi connectivity index (χ2v) is 6.82. The Morgan fingerprint density at radius 1 is 1.22 bits per heavy atom. The molecule has 2 N–H and O–H groups in total. The van der Waals surface area contributed by atoms with Crippen molar-refractivity contribution in [2.45, 2.75) is 71.9 Å². The van der Waals surface area contributed by atoms with Crippen LogP contribution in [-0.2, 0) is 0 Å². The normalized spacial score (nSPS) is 31.0. The minimum absolute atomic E-state index is 0.430. The van der Waals surface area contributed by atoms with Crippen LogP contribution < -0.4 is 5.73 Å². The Kier molecular flexibility index (Phi) is 6.65. The maximum atomic E-state index is 6.34. The molecule has 2 nitrogen and oxygen atoms in total. The molecule has 1 fully saturated rings. The molecule has 1 saturated carbocycles. The van der Waals surface area contributed by atoms with E-state index in [1.54, 1.807) is 0 Å². The monoisotopic (exact) mass is 254 g/mol. The Hall–Kier alpha value is -0.0800. The highest BCUT2D eigenvalue weighted by Gasteiger charge is 2.29. The predicted molar refractivity (Wildman–Crippen MR) is 80.6 cm³/mol. The van der Waals surface area contributed by atoms with Crippen LogP contribution in [0.1, 0.15) is 59.8 Å². The summed E-state index contributed by atoms with van der Waals surface area (Å²) < 4.78 is 0. The Morgan fingerprint density at radius 3 is 2.44 bits per heavy atom. The summed E-state index contributed by atoms with van der Waals surface area (Å²) in [5.74, 6) is 2.37. The van der Waals surface area contributed by atoms with Gasteiger partial charge >= 0.3 is 0 Å². The van der Waals surface area contributed by atoms with Gasteiger partial charge in [0.05, 0.1) is 0 Å². The molecular formula is C16H34N2. The van der Waals surface area contributed by atoms with E-state index >= 15 is 0 Å². The van der Waals surface area contributed by atoms with E-state index < -0.39 is 0 Å². The lowest BCUT2D eigenvalue weighted by atomic mass is 9.76. The summed E-state index contributed by atoms with van der Waals surface area (Å²) in [6.45, 7) is 10.4. The lowest BCUT2D eigenvalue weighted by Gasteiger charge is -2.38. The van der Waals surface area contributed by atoms with Crippen molar-refractivity contribution in [3.63, 3.8) is 0 Å². The van der Waals surface area contributed by atoms with Crippen molar-refractivity contribution < 1.29 is 0 Å². The summed E-state index contributed by atoms with van der Waals surface area (Å²) in [7, 11) is 2.26. The highest BCUT2D eigenvalue weighted by Crippen LogP contribution is 2.32. The van der Waals surface area contributed by atoms with Crippen molar-refractivity contribution in [1.29, 1.82) is 0 Å². The smallest absolute Gasteiger partial charge is 0.00870 e. The van der Waals surface area contributed by atoms with Crippen molar-refractivity contribution in [2.24, 2.45) is 23.5 Å². The third-order valence-electron chi connectivity index (χ3n) is 5.03. The van der Waals surface area contributed by atoms with Crippen LogP contribution in [0.3, 0.4) is 0 Å². The first-order chi connectivity index (χ1) is 8.45. The standard InChI is InChI=1S/C16H34N2/c1-6-7-14-8-9-16(17)15(10-14)11-18(5)13(4)12(2)3/h12-16H,6-11,17H2,1-5H3. The molecule has 0 bridgehead atoms. The number of hydrogen-bond donors (Lipinski definition) is 1. The van der Waals surface area contributed by atoms with Gasteiger partial charge in [-0.05, 0) is 51.0 Å². The summed E-state index contributed by atoms with van der Waals surface area (Å²) >= 11 is 0. The van der Waals surface area contributed by atoms with Gasteiger partial charge in [-0.1, -0.05) is 33.6 Å². The number of nitrogens with zero attached hydrogens (tertiary/aromatic N) is 1. The maximum Gasteiger partial charge on any atom is 0.00870 e. The molecule has 18 heavy (non-hydrogen) atoms. The molecule has 0 spiro atoms. The minimum atomic E-state index is 0.430. The van der Waals surface area contributed by atoms with Crippen LogP contribution in [0.4, 0.5) is 0 Å². The summed E-state index contributed by atoms with van der Waals surface area (Å²) in [5, 5.41) is 0.